The molecule has 6 heteroatoms. The van der Waals surface area contributed by atoms with Crippen LogP contribution in [-0.4, -0.2) is 33.0 Å². The molecular weight excluding hydrogens is 319 g/mol. The topological polar surface area (TPSA) is 58.1 Å². The first-order chi connectivity index (χ1) is 12.0. The quantitative estimate of drug-likeness (QED) is 0.911. The van der Waals surface area contributed by atoms with Gasteiger partial charge in [0.2, 0.25) is 0 Å². The van der Waals surface area contributed by atoms with E-state index >= 15 is 0 Å². The summed E-state index contributed by atoms with van der Waals surface area (Å²) in [5.74, 6) is 0.338. The second-order valence-electron chi connectivity index (χ2n) is 7.07. The fourth-order valence-electron chi connectivity index (χ4n) is 3.85. The highest BCUT2D eigenvalue weighted by molar-refractivity contribution is 5.76. The highest BCUT2D eigenvalue weighted by Gasteiger charge is 2.43. The van der Waals surface area contributed by atoms with Gasteiger partial charge < -0.3 is 10.2 Å². The number of amides is 2. The van der Waals surface area contributed by atoms with Gasteiger partial charge >= 0.3 is 6.03 Å². The number of fused-ring (bicyclic) bond motifs is 4. The van der Waals surface area contributed by atoms with Gasteiger partial charge in [-0.3, -0.25) is 0 Å². The Morgan fingerprint density at radius 2 is 2.04 bits per heavy atom. The molecule has 1 saturated heterocycles. The summed E-state index contributed by atoms with van der Waals surface area (Å²) in [5, 5.41) is 3.00. The Morgan fingerprint density at radius 1 is 1.28 bits per heavy atom. The van der Waals surface area contributed by atoms with Crippen molar-refractivity contribution in [3.05, 3.63) is 47.5 Å². The van der Waals surface area contributed by atoms with E-state index in [1.165, 1.54) is 12.1 Å². The third kappa shape index (κ3) is 2.86. The van der Waals surface area contributed by atoms with Gasteiger partial charge in [0.25, 0.3) is 0 Å². The lowest BCUT2D eigenvalue weighted by Crippen LogP contribution is -2.49. The number of urea groups is 1. The molecule has 1 aromatic heterocycles. The largest absolute Gasteiger partial charge is 0.336 e. The van der Waals surface area contributed by atoms with Crippen LogP contribution in [0.1, 0.15) is 44.0 Å². The number of rotatable bonds is 2. The van der Waals surface area contributed by atoms with E-state index in [0.717, 1.165) is 36.1 Å². The second-order valence-corrected chi connectivity index (χ2v) is 7.07. The van der Waals surface area contributed by atoms with Gasteiger partial charge in [0.1, 0.15) is 5.82 Å². The number of nitrogens with one attached hydrogen (secondary N) is 1. The minimum Gasteiger partial charge on any atom is -0.336 e. The average Bonchev–Trinajstić information content (AvgIpc) is 2.90. The Labute approximate surface area is 146 Å². The van der Waals surface area contributed by atoms with E-state index in [9.17, 15) is 9.18 Å². The monoisotopic (exact) mass is 340 g/mol. The highest BCUT2D eigenvalue weighted by Crippen LogP contribution is 2.43. The van der Waals surface area contributed by atoms with Crippen molar-refractivity contribution in [2.24, 2.45) is 0 Å². The molecule has 2 aliphatic heterocycles. The smallest absolute Gasteiger partial charge is 0.318 e. The van der Waals surface area contributed by atoms with Crippen molar-refractivity contribution in [2.45, 2.75) is 51.2 Å². The van der Waals surface area contributed by atoms with E-state index in [1.807, 2.05) is 24.9 Å². The van der Waals surface area contributed by atoms with Crippen LogP contribution >= 0.6 is 0 Å². The van der Waals surface area contributed by atoms with Crippen molar-refractivity contribution in [1.29, 1.82) is 0 Å². The van der Waals surface area contributed by atoms with Crippen molar-refractivity contribution in [3.8, 4) is 11.4 Å². The zero-order valence-electron chi connectivity index (χ0n) is 14.4. The third-order valence-corrected chi connectivity index (χ3v) is 4.94. The number of hydrogen-bond acceptors (Lipinski definition) is 3. The van der Waals surface area contributed by atoms with Crippen LogP contribution in [0.4, 0.5) is 9.18 Å². The molecule has 2 aromatic rings. The third-order valence-electron chi connectivity index (χ3n) is 4.94. The van der Waals surface area contributed by atoms with E-state index in [4.69, 9.17) is 4.98 Å². The van der Waals surface area contributed by atoms with Crippen molar-refractivity contribution in [3.63, 3.8) is 0 Å². The first-order valence-electron chi connectivity index (χ1n) is 8.73. The molecule has 2 bridgehead atoms. The van der Waals surface area contributed by atoms with Gasteiger partial charge in [-0.05, 0) is 51.0 Å². The lowest BCUT2D eigenvalue weighted by molar-refractivity contribution is 0.162. The number of nitrogens with zero attached hydrogens (tertiary/aromatic N) is 3. The van der Waals surface area contributed by atoms with Crippen LogP contribution in [-0.2, 0) is 6.42 Å². The van der Waals surface area contributed by atoms with Crippen LogP contribution in [0.2, 0.25) is 0 Å². The predicted molar refractivity (Wildman–Crippen MR) is 92.4 cm³/mol. The van der Waals surface area contributed by atoms with Gasteiger partial charge in [0.05, 0.1) is 11.7 Å². The number of benzene rings is 1. The van der Waals surface area contributed by atoms with Crippen molar-refractivity contribution >= 4 is 6.03 Å². The summed E-state index contributed by atoms with van der Waals surface area (Å²) in [6, 6.07) is 6.57. The number of halogens is 1. The van der Waals surface area contributed by atoms with E-state index in [2.05, 4.69) is 10.3 Å². The molecule has 2 unspecified atom stereocenters. The van der Waals surface area contributed by atoms with Crippen LogP contribution in [0.5, 0.6) is 0 Å². The maximum absolute atomic E-state index is 13.1. The standard InChI is InChI=1S/C19H21FN4O/c1-11(2)22-19(25)24-14-7-8-17(24)15-10-21-18(23-16(15)9-14)12-3-5-13(20)6-4-12/h3-6,10-11,14,17H,7-9H2,1-2H3,(H,22,25). The zero-order valence-corrected chi connectivity index (χ0v) is 14.4. The fraction of sp³-hybridized carbons (Fsp3) is 0.421. The summed E-state index contributed by atoms with van der Waals surface area (Å²) in [7, 11) is 0. The molecule has 1 aromatic carbocycles. The Kier molecular flexibility index (Phi) is 3.90. The Balaban J connectivity index is 1.65. The van der Waals surface area contributed by atoms with E-state index in [-0.39, 0.29) is 30.0 Å². The summed E-state index contributed by atoms with van der Waals surface area (Å²) in [6.07, 6.45) is 4.51. The molecule has 0 saturated carbocycles. The summed E-state index contributed by atoms with van der Waals surface area (Å²) in [5.41, 5.74) is 2.85. The van der Waals surface area contributed by atoms with Crippen LogP contribution in [0.15, 0.2) is 30.5 Å². The van der Waals surface area contributed by atoms with Gasteiger partial charge in [-0.15, -0.1) is 0 Å². The lowest BCUT2D eigenvalue weighted by Gasteiger charge is -2.36. The normalized spacial score (nSPS) is 21.4. The summed E-state index contributed by atoms with van der Waals surface area (Å²) in [6.45, 7) is 3.94. The molecule has 1 N–H and O–H groups in total. The summed E-state index contributed by atoms with van der Waals surface area (Å²) in [4.78, 5) is 23.7. The number of carbonyl (C=O) groups is 1. The first-order valence-corrected chi connectivity index (χ1v) is 8.73. The molecule has 2 atom stereocenters. The maximum atomic E-state index is 13.1. The van der Waals surface area contributed by atoms with Crippen molar-refractivity contribution < 1.29 is 9.18 Å². The lowest BCUT2D eigenvalue weighted by atomic mass is 9.99. The van der Waals surface area contributed by atoms with Gasteiger partial charge in [-0.1, -0.05) is 0 Å². The highest BCUT2D eigenvalue weighted by atomic mass is 19.1. The molecule has 4 rings (SSSR count). The summed E-state index contributed by atoms with van der Waals surface area (Å²) < 4.78 is 13.1. The molecular formula is C19H21FN4O. The fourth-order valence-corrected chi connectivity index (χ4v) is 3.85. The maximum Gasteiger partial charge on any atom is 0.318 e. The van der Waals surface area contributed by atoms with Crippen LogP contribution in [0.3, 0.4) is 0 Å². The number of aromatic nitrogens is 2. The molecule has 25 heavy (non-hydrogen) atoms. The SMILES string of the molecule is CC(C)NC(=O)N1C2CCC1c1cnc(-c3ccc(F)cc3)nc1C2. The van der Waals surface area contributed by atoms with E-state index in [0.29, 0.717) is 5.82 Å². The van der Waals surface area contributed by atoms with Gasteiger partial charge in [-0.2, -0.15) is 0 Å². The minimum atomic E-state index is -0.272. The molecule has 3 heterocycles. The molecule has 130 valence electrons. The van der Waals surface area contributed by atoms with Crippen LogP contribution in [0.25, 0.3) is 11.4 Å². The molecule has 0 radical (unpaired) electrons. The van der Waals surface area contributed by atoms with Crippen LogP contribution in [0, 0.1) is 5.82 Å². The summed E-state index contributed by atoms with van der Waals surface area (Å²) >= 11 is 0. The van der Waals surface area contributed by atoms with E-state index < -0.39 is 0 Å². The number of hydrogen-bond donors (Lipinski definition) is 1. The second kappa shape index (κ2) is 6.10. The van der Waals surface area contributed by atoms with Crippen molar-refractivity contribution in [1.82, 2.24) is 20.2 Å². The Morgan fingerprint density at radius 3 is 2.76 bits per heavy atom. The van der Waals surface area contributed by atoms with E-state index in [1.54, 1.807) is 12.1 Å². The van der Waals surface area contributed by atoms with Crippen molar-refractivity contribution in [2.75, 3.05) is 0 Å². The molecule has 5 nitrogen and oxygen atoms in total. The molecule has 1 fully saturated rings. The zero-order chi connectivity index (χ0) is 17.6. The minimum absolute atomic E-state index is 0.00392. The van der Waals surface area contributed by atoms with Gasteiger partial charge in [0, 0.05) is 35.8 Å². The predicted octanol–water partition coefficient (Wildman–Crippen LogP) is 3.46. The average molecular weight is 340 g/mol. The Bertz CT molecular complexity index is 806. The molecule has 0 spiro atoms. The Hall–Kier alpha value is -2.50. The molecule has 2 amide bonds. The molecule has 2 aliphatic rings. The van der Waals surface area contributed by atoms with Crippen LogP contribution < -0.4 is 5.32 Å². The first kappa shape index (κ1) is 16.0. The molecule has 0 aliphatic carbocycles. The van der Waals surface area contributed by atoms with Gasteiger partial charge in [0.15, 0.2) is 5.82 Å². The number of carbonyl (C=O) groups excluding carboxylic acids is 1. The van der Waals surface area contributed by atoms with Gasteiger partial charge in [-0.25, -0.2) is 19.2 Å².